The molecule has 3 aromatic rings. The van der Waals surface area contributed by atoms with Gasteiger partial charge in [0.2, 0.25) is 0 Å². The predicted molar refractivity (Wildman–Crippen MR) is 99.2 cm³/mol. The molecular formula is C21H21FN2O2. The zero-order valence-electron chi connectivity index (χ0n) is 14.4. The zero-order valence-corrected chi connectivity index (χ0v) is 14.4. The summed E-state index contributed by atoms with van der Waals surface area (Å²) in [5.74, 6) is 0.295. The Morgan fingerprint density at radius 1 is 0.962 bits per heavy atom. The minimum Gasteiger partial charge on any atom is -0.494 e. The number of unbranched alkanes of at least 4 members (excludes halogenated alkanes) is 1. The van der Waals surface area contributed by atoms with E-state index in [1.807, 2.05) is 53.4 Å². The van der Waals surface area contributed by atoms with E-state index in [9.17, 15) is 9.18 Å². The first-order chi connectivity index (χ1) is 12.7. The van der Waals surface area contributed by atoms with Crippen LogP contribution in [0.5, 0.6) is 5.75 Å². The van der Waals surface area contributed by atoms with Crippen molar-refractivity contribution in [3.63, 3.8) is 0 Å². The van der Waals surface area contributed by atoms with E-state index in [2.05, 4.69) is 5.32 Å². The van der Waals surface area contributed by atoms with Crippen molar-refractivity contribution < 1.29 is 13.9 Å². The molecule has 0 saturated heterocycles. The molecule has 3 rings (SSSR count). The number of ether oxygens (including phenoxy) is 1. The van der Waals surface area contributed by atoms with Crippen LogP contribution in [-0.4, -0.2) is 23.6 Å². The highest BCUT2D eigenvalue weighted by molar-refractivity contribution is 5.94. The van der Waals surface area contributed by atoms with Gasteiger partial charge in [0, 0.05) is 30.2 Å². The monoisotopic (exact) mass is 352 g/mol. The Morgan fingerprint density at radius 3 is 2.35 bits per heavy atom. The number of rotatable bonds is 8. The molecule has 0 saturated carbocycles. The molecule has 1 amide bonds. The van der Waals surface area contributed by atoms with Gasteiger partial charge in [0.1, 0.15) is 11.6 Å². The van der Waals surface area contributed by atoms with Crippen LogP contribution in [0.1, 0.15) is 23.2 Å². The lowest BCUT2D eigenvalue weighted by Gasteiger charge is -2.08. The number of benzene rings is 2. The Labute approximate surface area is 152 Å². The van der Waals surface area contributed by atoms with Crippen molar-refractivity contribution in [2.75, 3.05) is 13.2 Å². The highest BCUT2D eigenvalue weighted by Crippen LogP contribution is 2.12. The number of halogens is 1. The van der Waals surface area contributed by atoms with Crippen LogP contribution in [0.15, 0.2) is 73.1 Å². The molecule has 0 spiro atoms. The Morgan fingerprint density at radius 2 is 1.65 bits per heavy atom. The Hall–Kier alpha value is -3.08. The average Bonchev–Trinajstić information content (AvgIpc) is 3.21. The van der Waals surface area contributed by atoms with Crippen molar-refractivity contribution in [3.05, 3.63) is 84.4 Å². The number of aromatic nitrogens is 1. The van der Waals surface area contributed by atoms with E-state index in [1.165, 1.54) is 12.1 Å². The lowest BCUT2D eigenvalue weighted by atomic mass is 10.2. The van der Waals surface area contributed by atoms with Crippen LogP contribution in [0.3, 0.4) is 0 Å². The van der Waals surface area contributed by atoms with E-state index in [-0.39, 0.29) is 11.7 Å². The van der Waals surface area contributed by atoms with Crippen molar-refractivity contribution in [1.82, 2.24) is 9.88 Å². The second-order valence-electron chi connectivity index (χ2n) is 5.90. The van der Waals surface area contributed by atoms with Crippen LogP contribution in [0.25, 0.3) is 5.69 Å². The van der Waals surface area contributed by atoms with Crippen molar-refractivity contribution in [1.29, 1.82) is 0 Å². The SMILES string of the molecule is O=C(NCCCCOc1ccc(F)cc1)c1ccc(-n2cccc2)cc1. The van der Waals surface area contributed by atoms with Gasteiger partial charge in [-0.3, -0.25) is 4.79 Å². The van der Waals surface area contributed by atoms with Gasteiger partial charge in [-0.05, 0) is 73.5 Å². The fourth-order valence-corrected chi connectivity index (χ4v) is 2.54. The molecule has 0 atom stereocenters. The summed E-state index contributed by atoms with van der Waals surface area (Å²) in [5, 5.41) is 2.91. The van der Waals surface area contributed by atoms with Crippen molar-refractivity contribution in [3.8, 4) is 11.4 Å². The van der Waals surface area contributed by atoms with Gasteiger partial charge in [-0.15, -0.1) is 0 Å². The maximum atomic E-state index is 12.8. The van der Waals surface area contributed by atoms with E-state index in [1.54, 1.807) is 12.1 Å². The maximum Gasteiger partial charge on any atom is 0.251 e. The quantitative estimate of drug-likeness (QED) is 0.617. The zero-order chi connectivity index (χ0) is 18.2. The Bertz CT molecular complexity index is 812. The van der Waals surface area contributed by atoms with E-state index in [4.69, 9.17) is 4.74 Å². The highest BCUT2D eigenvalue weighted by Gasteiger charge is 2.05. The molecule has 1 aromatic heterocycles. The number of carbonyl (C=O) groups excluding carboxylic acids is 1. The lowest BCUT2D eigenvalue weighted by molar-refractivity contribution is 0.0952. The van der Waals surface area contributed by atoms with Crippen LogP contribution >= 0.6 is 0 Å². The molecule has 0 radical (unpaired) electrons. The van der Waals surface area contributed by atoms with Crippen LogP contribution in [-0.2, 0) is 0 Å². The van der Waals surface area contributed by atoms with Gasteiger partial charge < -0.3 is 14.6 Å². The van der Waals surface area contributed by atoms with Gasteiger partial charge >= 0.3 is 0 Å². The fraction of sp³-hybridized carbons (Fsp3) is 0.190. The summed E-state index contributed by atoms with van der Waals surface area (Å²) in [5.41, 5.74) is 1.66. The van der Waals surface area contributed by atoms with Gasteiger partial charge in [-0.2, -0.15) is 0 Å². The second kappa shape index (κ2) is 8.85. The standard InChI is InChI=1S/C21H21FN2O2/c22-18-7-11-20(12-8-18)26-16-4-1-13-23-21(25)17-5-9-19(10-6-17)24-14-2-3-15-24/h2-3,5-12,14-15H,1,4,13,16H2,(H,23,25). The number of nitrogens with zero attached hydrogens (tertiary/aromatic N) is 1. The lowest BCUT2D eigenvalue weighted by Crippen LogP contribution is -2.24. The van der Waals surface area contributed by atoms with Gasteiger partial charge in [0.05, 0.1) is 6.61 Å². The minimum absolute atomic E-state index is 0.0801. The molecule has 26 heavy (non-hydrogen) atoms. The molecule has 5 heteroatoms. The molecule has 0 aliphatic carbocycles. The normalized spacial score (nSPS) is 10.5. The number of hydrogen-bond donors (Lipinski definition) is 1. The molecule has 0 unspecified atom stereocenters. The predicted octanol–water partition coefficient (Wildman–Crippen LogP) is 4.21. The van der Waals surface area contributed by atoms with Gasteiger partial charge in [-0.1, -0.05) is 0 Å². The van der Waals surface area contributed by atoms with E-state index < -0.39 is 0 Å². The fourth-order valence-electron chi connectivity index (χ4n) is 2.54. The smallest absolute Gasteiger partial charge is 0.251 e. The van der Waals surface area contributed by atoms with Crippen molar-refractivity contribution in [2.45, 2.75) is 12.8 Å². The van der Waals surface area contributed by atoms with Crippen LogP contribution in [0.4, 0.5) is 4.39 Å². The summed E-state index contributed by atoms with van der Waals surface area (Å²) >= 11 is 0. The van der Waals surface area contributed by atoms with Crippen LogP contribution in [0.2, 0.25) is 0 Å². The molecule has 134 valence electrons. The number of carbonyl (C=O) groups is 1. The van der Waals surface area contributed by atoms with Gasteiger partial charge in [-0.25, -0.2) is 4.39 Å². The third kappa shape index (κ3) is 4.96. The maximum absolute atomic E-state index is 12.8. The molecule has 1 heterocycles. The molecule has 2 aromatic carbocycles. The molecule has 0 aliphatic rings. The average molecular weight is 352 g/mol. The third-order valence-electron chi connectivity index (χ3n) is 3.97. The van der Waals surface area contributed by atoms with Gasteiger partial charge in [0.25, 0.3) is 5.91 Å². The summed E-state index contributed by atoms with van der Waals surface area (Å²) in [6, 6.07) is 17.4. The minimum atomic E-state index is -0.276. The number of amides is 1. The van der Waals surface area contributed by atoms with E-state index in [0.717, 1.165) is 18.5 Å². The Kier molecular flexibility index (Phi) is 6.04. The van der Waals surface area contributed by atoms with Crippen LogP contribution < -0.4 is 10.1 Å². The van der Waals surface area contributed by atoms with E-state index >= 15 is 0 Å². The summed E-state index contributed by atoms with van der Waals surface area (Å²) in [6.45, 7) is 1.12. The topological polar surface area (TPSA) is 43.3 Å². The van der Waals surface area contributed by atoms with Crippen molar-refractivity contribution >= 4 is 5.91 Å². The summed E-state index contributed by atoms with van der Waals surface area (Å²) in [4.78, 5) is 12.1. The third-order valence-corrected chi connectivity index (χ3v) is 3.97. The van der Waals surface area contributed by atoms with Gasteiger partial charge in [0.15, 0.2) is 0 Å². The second-order valence-corrected chi connectivity index (χ2v) is 5.90. The number of nitrogens with one attached hydrogen (secondary N) is 1. The first-order valence-electron chi connectivity index (χ1n) is 8.62. The Balaban J connectivity index is 1.35. The molecule has 4 nitrogen and oxygen atoms in total. The van der Waals surface area contributed by atoms with E-state index in [0.29, 0.717) is 24.5 Å². The number of hydrogen-bond acceptors (Lipinski definition) is 2. The first kappa shape index (κ1) is 17.7. The highest BCUT2D eigenvalue weighted by atomic mass is 19.1. The molecule has 0 aliphatic heterocycles. The summed E-state index contributed by atoms with van der Waals surface area (Å²) < 4.78 is 20.3. The summed E-state index contributed by atoms with van der Waals surface area (Å²) in [6.07, 6.45) is 5.55. The molecule has 0 bridgehead atoms. The molecular weight excluding hydrogens is 331 g/mol. The molecule has 0 fully saturated rings. The van der Waals surface area contributed by atoms with Crippen molar-refractivity contribution in [2.24, 2.45) is 0 Å². The molecule has 1 N–H and O–H groups in total. The largest absolute Gasteiger partial charge is 0.494 e. The summed E-state index contributed by atoms with van der Waals surface area (Å²) in [7, 11) is 0. The van der Waals surface area contributed by atoms with Crippen LogP contribution in [0, 0.1) is 5.82 Å². The first-order valence-corrected chi connectivity index (χ1v) is 8.62.